The first-order valence-corrected chi connectivity index (χ1v) is 7.37. The van der Waals surface area contributed by atoms with Crippen molar-refractivity contribution >= 4 is 5.82 Å². The summed E-state index contributed by atoms with van der Waals surface area (Å²) in [5, 5.41) is 3.41. The third-order valence-electron chi connectivity index (χ3n) is 4.04. The molecule has 0 aliphatic carbocycles. The summed E-state index contributed by atoms with van der Waals surface area (Å²) in [6, 6.07) is 24.5. The minimum Gasteiger partial charge on any atom is -0.472 e. The Balaban J connectivity index is 1.89. The van der Waals surface area contributed by atoms with Crippen LogP contribution in [-0.2, 0) is 5.60 Å². The van der Waals surface area contributed by atoms with Crippen molar-refractivity contribution in [3.05, 3.63) is 90.1 Å². The second-order valence-corrected chi connectivity index (χ2v) is 5.36. The van der Waals surface area contributed by atoms with Crippen molar-refractivity contribution < 1.29 is 4.74 Å². The number of hydrogen-bond acceptors (Lipinski definition) is 3. The quantitative estimate of drug-likeness (QED) is 0.778. The van der Waals surface area contributed by atoms with Crippen molar-refractivity contribution in [3.63, 3.8) is 0 Å². The first kappa shape index (κ1) is 12.9. The predicted octanol–water partition coefficient (Wildman–Crippen LogP) is 3.83. The zero-order chi connectivity index (χ0) is 14.8. The van der Waals surface area contributed by atoms with Crippen molar-refractivity contribution in [3.8, 4) is 5.75 Å². The lowest BCUT2D eigenvalue weighted by molar-refractivity contribution is 0.116. The number of aromatic nitrogens is 1. The molecule has 0 saturated heterocycles. The van der Waals surface area contributed by atoms with E-state index in [2.05, 4.69) is 34.6 Å². The third-order valence-corrected chi connectivity index (χ3v) is 4.04. The standard InChI is InChI=1S/C19H16N2O/c1-3-8-15(9-4-1)19(16-10-5-2-6-11-16)14-21-18-17(22-19)12-7-13-20-18/h1-13H,14H2,(H,20,21). The maximum absolute atomic E-state index is 6.47. The molecule has 0 bridgehead atoms. The fourth-order valence-corrected chi connectivity index (χ4v) is 2.94. The molecule has 0 saturated carbocycles. The molecule has 1 N–H and O–H groups in total. The Kier molecular flexibility index (Phi) is 3.04. The SMILES string of the molecule is c1ccc(C2(c3ccccc3)CNc3ncccc3O2)cc1. The lowest BCUT2D eigenvalue weighted by atomic mass is 9.85. The number of nitrogens with zero attached hydrogens (tertiary/aromatic N) is 1. The molecule has 108 valence electrons. The van der Waals surface area contributed by atoms with E-state index in [9.17, 15) is 0 Å². The lowest BCUT2D eigenvalue weighted by Gasteiger charge is -2.39. The molecule has 4 rings (SSSR count). The van der Waals surface area contributed by atoms with Crippen molar-refractivity contribution in [2.75, 3.05) is 11.9 Å². The van der Waals surface area contributed by atoms with Gasteiger partial charge in [-0.05, 0) is 12.1 Å². The lowest BCUT2D eigenvalue weighted by Crippen LogP contribution is -2.44. The average molecular weight is 288 g/mol. The summed E-state index contributed by atoms with van der Waals surface area (Å²) in [7, 11) is 0. The fourth-order valence-electron chi connectivity index (χ4n) is 2.94. The van der Waals surface area contributed by atoms with Gasteiger partial charge in [-0.3, -0.25) is 0 Å². The van der Waals surface area contributed by atoms with E-state index in [0.717, 1.165) is 22.7 Å². The van der Waals surface area contributed by atoms with E-state index in [1.54, 1.807) is 6.20 Å². The first-order valence-electron chi connectivity index (χ1n) is 7.37. The third kappa shape index (κ3) is 2.02. The number of fused-ring (bicyclic) bond motifs is 1. The summed E-state index contributed by atoms with van der Waals surface area (Å²) in [5.41, 5.74) is 1.71. The van der Waals surface area contributed by atoms with Gasteiger partial charge in [0.2, 0.25) is 0 Å². The van der Waals surface area contributed by atoms with E-state index in [-0.39, 0.29) is 0 Å². The maximum Gasteiger partial charge on any atom is 0.176 e. The average Bonchev–Trinajstić information content (AvgIpc) is 2.63. The van der Waals surface area contributed by atoms with Crippen LogP contribution in [0, 0.1) is 0 Å². The fraction of sp³-hybridized carbons (Fsp3) is 0.105. The van der Waals surface area contributed by atoms with Gasteiger partial charge in [-0.2, -0.15) is 0 Å². The van der Waals surface area contributed by atoms with E-state index < -0.39 is 5.60 Å². The van der Waals surface area contributed by atoms with Crippen LogP contribution in [0.15, 0.2) is 79.0 Å². The molecule has 2 heterocycles. The molecule has 0 atom stereocenters. The van der Waals surface area contributed by atoms with Crippen LogP contribution in [0.2, 0.25) is 0 Å². The summed E-state index contributed by atoms with van der Waals surface area (Å²) in [5.74, 6) is 1.58. The second kappa shape index (κ2) is 5.19. The van der Waals surface area contributed by atoms with Gasteiger partial charge in [0, 0.05) is 17.3 Å². The van der Waals surface area contributed by atoms with Gasteiger partial charge in [-0.1, -0.05) is 60.7 Å². The minimum absolute atomic E-state index is 0.543. The Bertz CT molecular complexity index is 732. The normalized spacial score (nSPS) is 15.3. The van der Waals surface area contributed by atoms with Gasteiger partial charge in [-0.25, -0.2) is 4.98 Å². The summed E-state index contributed by atoms with van der Waals surface area (Å²) < 4.78 is 6.47. The van der Waals surface area contributed by atoms with Crippen LogP contribution in [0.3, 0.4) is 0 Å². The Labute approximate surface area is 129 Å². The van der Waals surface area contributed by atoms with Crippen LogP contribution >= 0.6 is 0 Å². The molecule has 0 amide bonds. The van der Waals surface area contributed by atoms with E-state index in [1.165, 1.54) is 0 Å². The van der Waals surface area contributed by atoms with Gasteiger partial charge in [0.25, 0.3) is 0 Å². The Morgan fingerprint density at radius 2 is 1.45 bits per heavy atom. The van der Waals surface area contributed by atoms with E-state index in [4.69, 9.17) is 4.74 Å². The van der Waals surface area contributed by atoms with Crippen LogP contribution in [0.4, 0.5) is 5.82 Å². The Morgan fingerprint density at radius 3 is 2.09 bits per heavy atom. The van der Waals surface area contributed by atoms with Crippen LogP contribution in [0.5, 0.6) is 5.75 Å². The Morgan fingerprint density at radius 1 is 0.818 bits per heavy atom. The highest BCUT2D eigenvalue weighted by molar-refractivity contribution is 5.55. The molecular formula is C19H16N2O. The molecule has 1 aromatic heterocycles. The van der Waals surface area contributed by atoms with Crippen LogP contribution < -0.4 is 10.1 Å². The number of ether oxygens (including phenoxy) is 1. The highest BCUT2D eigenvalue weighted by Gasteiger charge is 2.40. The molecule has 3 aromatic rings. The Hall–Kier alpha value is -2.81. The van der Waals surface area contributed by atoms with Crippen molar-refractivity contribution in [2.45, 2.75) is 5.60 Å². The highest BCUT2D eigenvalue weighted by atomic mass is 16.5. The smallest absolute Gasteiger partial charge is 0.176 e. The van der Waals surface area contributed by atoms with E-state index >= 15 is 0 Å². The molecule has 0 spiro atoms. The zero-order valence-corrected chi connectivity index (χ0v) is 12.1. The van der Waals surface area contributed by atoms with Gasteiger partial charge >= 0.3 is 0 Å². The molecule has 0 unspecified atom stereocenters. The number of anilines is 1. The summed E-state index contributed by atoms with van der Waals surface area (Å²) >= 11 is 0. The number of rotatable bonds is 2. The van der Waals surface area contributed by atoms with Crippen LogP contribution in [0.25, 0.3) is 0 Å². The summed E-state index contributed by atoms with van der Waals surface area (Å²) in [4.78, 5) is 4.34. The van der Waals surface area contributed by atoms with Crippen LogP contribution in [-0.4, -0.2) is 11.5 Å². The topological polar surface area (TPSA) is 34.2 Å². The number of benzene rings is 2. The van der Waals surface area contributed by atoms with Crippen molar-refractivity contribution in [2.24, 2.45) is 0 Å². The largest absolute Gasteiger partial charge is 0.472 e. The molecule has 2 aromatic carbocycles. The monoisotopic (exact) mass is 288 g/mol. The van der Waals surface area contributed by atoms with E-state index in [0.29, 0.717) is 6.54 Å². The van der Waals surface area contributed by atoms with Crippen molar-refractivity contribution in [1.29, 1.82) is 0 Å². The van der Waals surface area contributed by atoms with Gasteiger partial charge in [0.15, 0.2) is 17.2 Å². The molecule has 3 heteroatoms. The number of hydrogen-bond donors (Lipinski definition) is 1. The molecule has 0 radical (unpaired) electrons. The number of pyridine rings is 1. The van der Waals surface area contributed by atoms with E-state index in [1.807, 2.05) is 48.5 Å². The van der Waals surface area contributed by atoms with Gasteiger partial charge in [0.1, 0.15) is 0 Å². The molecule has 3 nitrogen and oxygen atoms in total. The van der Waals surface area contributed by atoms with Crippen LogP contribution in [0.1, 0.15) is 11.1 Å². The van der Waals surface area contributed by atoms with Crippen molar-refractivity contribution in [1.82, 2.24) is 4.98 Å². The van der Waals surface area contributed by atoms with Gasteiger partial charge in [-0.15, -0.1) is 0 Å². The molecule has 0 fully saturated rings. The van der Waals surface area contributed by atoms with Gasteiger partial charge < -0.3 is 10.1 Å². The highest BCUT2D eigenvalue weighted by Crippen LogP contribution is 2.40. The molecule has 1 aliphatic rings. The first-order chi connectivity index (χ1) is 10.9. The second-order valence-electron chi connectivity index (χ2n) is 5.36. The minimum atomic E-state index is -0.543. The zero-order valence-electron chi connectivity index (χ0n) is 12.1. The number of nitrogens with one attached hydrogen (secondary N) is 1. The molecular weight excluding hydrogens is 272 g/mol. The molecule has 22 heavy (non-hydrogen) atoms. The maximum atomic E-state index is 6.47. The summed E-state index contributed by atoms with van der Waals surface area (Å²) in [6.07, 6.45) is 1.77. The predicted molar refractivity (Wildman–Crippen MR) is 87.0 cm³/mol. The van der Waals surface area contributed by atoms with Gasteiger partial charge in [0.05, 0.1) is 6.54 Å². The molecule has 1 aliphatic heterocycles. The summed E-state index contributed by atoms with van der Waals surface area (Å²) in [6.45, 7) is 0.644.